The van der Waals surface area contributed by atoms with Crippen molar-refractivity contribution in [2.24, 2.45) is 0 Å². The van der Waals surface area contributed by atoms with E-state index in [2.05, 4.69) is 10.6 Å². The predicted octanol–water partition coefficient (Wildman–Crippen LogP) is 2.30. The molecule has 0 radical (unpaired) electrons. The van der Waals surface area contributed by atoms with Crippen LogP contribution in [0.25, 0.3) is 0 Å². The van der Waals surface area contributed by atoms with E-state index < -0.39 is 17.5 Å². The van der Waals surface area contributed by atoms with Gasteiger partial charge in [-0.05, 0) is 48.5 Å². The van der Waals surface area contributed by atoms with Crippen molar-refractivity contribution in [2.45, 2.75) is 0 Å². The molecule has 7 heteroatoms. The van der Waals surface area contributed by atoms with Gasteiger partial charge in [0.2, 0.25) is 0 Å². The van der Waals surface area contributed by atoms with Gasteiger partial charge in [-0.2, -0.15) is 0 Å². The zero-order chi connectivity index (χ0) is 17.5. The van der Waals surface area contributed by atoms with Crippen LogP contribution in [0.5, 0.6) is 11.5 Å². The maximum Gasteiger partial charge on any atom is 0.279 e. The minimum atomic E-state index is -0.800. The fraction of sp³-hybridized carbons (Fsp3) is 0.118. The van der Waals surface area contributed by atoms with E-state index in [1.54, 1.807) is 48.5 Å². The summed E-state index contributed by atoms with van der Waals surface area (Å²) in [6.07, 6.45) is 0. The Morgan fingerprint density at radius 2 is 1.08 bits per heavy atom. The van der Waals surface area contributed by atoms with Crippen molar-refractivity contribution in [2.75, 3.05) is 24.9 Å². The van der Waals surface area contributed by atoms with Crippen molar-refractivity contribution in [1.29, 1.82) is 5.41 Å². The number of carbonyl (C=O) groups excluding carboxylic acids is 2. The number of rotatable bonds is 6. The minimum Gasteiger partial charge on any atom is -0.497 e. The third-order valence-electron chi connectivity index (χ3n) is 3.15. The standard InChI is InChI=1S/C17H17N3O4/c1-23-13-7-3-11(4-8-13)19-16(21)15(18)17(22)20-12-5-9-14(24-2)10-6-12/h3-10,18H,1-2H3,(H,19,21)(H,20,22). The average Bonchev–Trinajstić information content (AvgIpc) is 2.62. The van der Waals surface area contributed by atoms with Crippen LogP contribution in [0.4, 0.5) is 11.4 Å². The highest BCUT2D eigenvalue weighted by Gasteiger charge is 2.18. The zero-order valence-electron chi connectivity index (χ0n) is 13.3. The second-order valence-corrected chi connectivity index (χ2v) is 4.74. The molecule has 0 bridgehead atoms. The molecule has 124 valence electrons. The van der Waals surface area contributed by atoms with E-state index in [-0.39, 0.29) is 0 Å². The molecule has 0 aliphatic heterocycles. The lowest BCUT2D eigenvalue weighted by atomic mass is 10.2. The fourth-order valence-electron chi connectivity index (χ4n) is 1.84. The first kappa shape index (κ1) is 17.0. The van der Waals surface area contributed by atoms with E-state index in [9.17, 15) is 9.59 Å². The van der Waals surface area contributed by atoms with Gasteiger partial charge in [-0.3, -0.25) is 15.0 Å². The Morgan fingerprint density at radius 1 is 0.750 bits per heavy atom. The van der Waals surface area contributed by atoms with Gasteiger partial charge < -0.3 is 20.1 Å². The number of hydrogen-bond acceptors (Lipinski definition) is 5. The summed E-state index contributed by atoms with van der Waals surface area (Å²) in [4.78, 5) is 23.9. The highest BCUT2D eigenvalue weighted by molar-refractivity contribution is 6.68. The lowest BCUT2D eigenvalue weighted by Crippen LogP contribution is -2.33. The molecule has 0 heterocycles. The summed E-state index contributed by atoms with van der Waals surface area (Å²) in [7, 11) is 3.07. The molecule has 0 saturated carbocycles. The number of methoxy groups -OCH3 is 2. The Labute approximate surface area is 139 Å². The first-order valence-electron chi connectivity index (χ1n) is 7.03. The van der Waals surface area contributed by atoms with Crippen LogP contribution in [-0.2, 0) is 9.59 Å². The molecular weight excluding hydrogens is 310 g/mol. The van der Waals surface area contributed by atoms with Crippen LogP contribution in [0.15, 0.2) is 48.5 Å². The van der Waals surface area contributed by atoms with Crippen LogP contribution in [0.3, 0.4) is 0 Å². The molecule has 0 unspecified atom stereocenters. The van der Waals surface area contributed by atoms with Crippen molar-refractivity contribution in [3.8, 4) is 11.5 Å². The van der Waals surface area contributed by atoms with E-state index in [4.69, 9.17) is 14.9 Å². The van der Waals surface area contributed by atoms with E-state index in [0.29, 0.717) is 22.9 Å². The van der Waals surface area contributed by atoms with Gasteiger partial charge >= 0.3 is 0 Å². The molecule has 2 rings (SSSR count). The Kier molecular flexibility index (Phi) is 5.51. The lowest BCUT2D eigenvalue weighted by Gasteiger charge is -2.08. The first-order chi connectivity index (χ1) is 11.5. The molecule has 0 aliphatic rings. The highest BCUT2D eigenvalue weighted by atomic mass is 16.5. The van der Waals surface area contributed by atoms with E-state index >= 15 is 0 Å². The van der Waals surface area contributed by atoms with Crippen LogP contribution in [0.1, 0.15) is 0 Å². The maximum absolute atomic E-state index is 12.0. The molecule has 3 N–H and O–H groups in total. The summed E-state index contributed by atoms with van der Waals surface area (Å²) in [5, 5.41) is 12.6. The number of amides is 2. The van der Waals surface area contributed by atoms with Gasteiger partial charge in [0.1, 0.15) is 11.5 Å². The van der Waals surface area contributed by atoms with Crippen molar-refractivity contribution in [3.05, 3.63) is 48.5 Å². The fourth-order valence-corrected chi connectivity index (χ4v) is 1.84. The summed E-state index contributed by atoms with van der Waals surface area (Å²) in [5.41, 5.74) is 0.229. The number of benzene rings is 2. The van der Waals surface area contributed by atoms with Crippen molar-refractivity contribution < 1.29 is 19.1 Å². The number of carbonyl (C=O) groups is 2. The van der Waals surface area contributed by atoms with E-state index in [1.807, 2.05) is 0 Å². The summed E-state index contributed by atoms with van der Waals surface area (Å²) in [6, 6.07) is 13.1. The number of anilines is 2. The van der Waals surface area contributed by atoms with Gasteiger partial charge in [-0.1, -0.05) is 0 Å². The Hall–Kier alpha value is -3.35. The monoisotopic (exact) mass is 327 g/mol. The Balaban J connectivity index is 1.95. The second kappa shape index (κ2) is 7.77. The van der Waals surface area contributed by atoms with Gasteiger partial charge in [-0.25, -0.2) is 0 Å². The first-order valence-corrected chi connectivity index (χ1v) is 7.03. The van der Waals surface area contributed by atoms with Crippen LogP contribution >= 0.6 is 0 Å². The van der Waals surface area contributed by atoms with Gasteiger partial charge in [-0.15, -0.1) is 0 Å². The minimum absolute atomic E-state index is 0.461. The zero-order valence-corrected chi connectivity index (χ0v) is 13.3. The van der Waals surface area contributed by atoms with Crippen molar-refractivity contribution in [3.63, 3.8) is 0 Å². The molecule has 0 fully saturated rings. The number of nitrogens with one attached hydrogen (secondary N) is 3. The summed E-state index contributed by atoms with van der Waals surface area (Å²) < 4.78 is 10.0. The smallest absolute Gasteiger partial charge is 0.279 e. The molecule has 7 nitrogen and oxygen atoms in total. The number of ether oxygens (including phenoxy) is 2. The molecule has 2 aromatic rings. The third-order valence-corrected chi connectivity index (χ3v) is 3.15. The lowest BCUT2D eigenvalue weighted by molar-refractivity contribution is -0.114. The normalized spacial score (nSPS) is 9.75. The van der Waals surface area contributed by atoms with E-state index in [0.717, 1.165) is 0 Å². The van der Waals surface area contributed by atoms with Gasteiger partial charge in [0.05, 0.1) is 14.2 Å². The summed E-state index contributed by atoms with van der Waals surface area (Å²) in [6.45, 7) is 0. The van der Waals surface area contributed by atoms with Crippen LogP contribution in [-0.4, -0.2) is 31.7 Å². The topological polar surface area (TPSA) is 101 Å². The van der Waals surface area contributed by atoms with E-state index in [1.165, 1.54) is 14.2 Å². The third kappa shape index (κ3) is 4.33. The Bertz CT molecular complexity index is 676. The molecule has 24 heavy (non-hydrogen) atoms. The molecular formula is C17H17N3O4. The summed E-state index contributed by atoms with van der Waals surface area (Å²) in [5.74, 6) is -0.321. The van der Waals surface area contributed by atoms with Crippen molar-refractivity contribution >= 4 is 28.9 Å². The summed E-state index contributed by atoms with van der Waals surface area (Å²) >= 11 is 0. The SMILES string of the molecule is COc1ccc(NC(=O)C(=N)C(=O)Nc2ccc(OC)cc2)cc1. The largest absolute Gasteiger partial charge is 0.497 e. The molecule has 0 spiro atoms. The van der Waals surface area contributed by atoms with Crippen LogP contribution < -0.4 is 20.1 Å². The average molecular weight is 327 g/mol. The van der Waals surface area contributed by atoms with Gasteiger partial charge in [0, 0.05) is 11.4 Å². The molecule has 0 saturated heterocycles. The highest BCUT2D eigenvalue weighted by Crippen LogP contribution is 2.16. The van der Waals surface area contributed by atoms with Crippen LogP contribution in [0, 0.1) is 5.41 Å². The predicted molar refractivity (Wildman–Crippen MR) is 91.0 cm³/mol. The molecule has 0 aliphatic carbocycles. The molecule has 2 amide bonds. The van der Waals surface area contributed by atoms with Crippen LogP contribution in [0.2, 0.25) is 0 Å². The second-order valence-electron chi connectivity index (χ2n) is 4.74. The van der Waals surface area contributed by atoms with Gasteiger partial charge in [0.25, 0.3) is 11.8 Å². The Morgan fingerprint density at radius 3 is 1.38 bits per heavy atom. The number of hydrogen-bond donors (Lipinski definition) is 3. The maximum atomic E-state index is 12.0. The molecule has 0 atom stereocenters. The van der Waals surface area contributed by atoms with Crippen molar-refractivity contribution in [1.82, 2.24) is 0 Å². The molecule has 0 aromatic heterocycles. The quantitative estimate of drug-likeness (QED) is 0.560. The van der Waals surface area contributed by atoms with Gasteiger partial charge in [0.15, 0.2) is 5.71 Å². The molecule has 2 aromatic carbocycles.